The molecule has 3 rings (SSSR count). The van der Waals surface area contributed by atoms with Gasteiger partial charge in [0.25, 0.3) is 0 Å². The number of nitrogens with one attached hydrogen (secondary N) is 1. The van der Waals surface area contributed by atoms with Crippen LogP contribution in [0.4, 0.5) is 0 Å². The Morgan fingerprint density at radius 1 is 1.00 bits per heavy atom. The van der Waals surface area contributed by atoms with E-state index in [1.807, 2.05) is 0 Å². The summed E-state index contributed by atoms with van der Waals surface area (Å²) in [5.41, 5.74) is 0.552. The van der Waals surface area contributed by atoms with E-state index in [1.165, 1.54) is 51.4 Å². The fraction of sp³-hybridized carbons (Fsp3) is 1.00. The third-order valence-corrected chi connectivity index (χ3v) is 5.31. The van der Waals surface area contributed by atoms with Crippen LogP contribution in [0.2, 0.25) is 0 Å². The molecular formula is C15H27NO. The summed E-state index contributed by atoms with van der Waals surface area (Å²) in [6.07, 6.45) is 11.1. The highest BCUT2D eigenvalue weighted by atomic mass is 16.5. The van der Waals surface area contributed by atoms with Crippen molar-refractivity contribution >= 4 is 0 Å². The lowest BCUT2D eigenvalue weighted by Gasteiger charge is -2.47. The molecule has 1 saturated heterocycles. The SMILES string of the molecule is CC1(C)CCC2NCC3(CCCCCC3)OC21. The lowest BCUT2D eigenvalue weighted by molar-refractivity contribution is -0.162. The minimum absolute atomic E-state index is 0.180. The largest absolute Gasteiger partial charge is 0.368 e. The summed E-state index contributed by atoms with van der Waals surface area (Å²) in [7, 11) is 0. The second-order valence-corrected chi connectivity index (χ2v) is 7.15. The zero-order valence-corrected chi connectivity index (χ0v) is 11.4. The van der Waals surface area contributed by atoms with E-state index in [2.05, 4.69) is 19.2 Å². The van der Waals surface area contributed by atoms with Crippen LogP contribution in [0.1, 0.15) is 65.2 Å². The third-order valence-electron chi connectivity index (χ3n) is 5.31. The quantitative estimate of drug-likeness (QED) is 0.698. The molecule has 2 heteroatoms. The van der Waals surface area contributed by atoms with Crippen molar-refractivity contribution in [3.8, 4) is 0 Å². The number of hydrogen-bond donors (Lipinski definition) is 1. The average molecular weight is 237 g/mol. The van der Waals surface area contributed by atoms with E-state index in [0.717, 1.165) is 6.54 Å². The molecule has 0 bridgehead atoms. The van der Waals surface area contributed by atoms with Crippen LogP contribution in [-0.4, -0.2) is 24.3 Å². The van der Waals surface area contributed by atoms with E-state index in [0.29, 0.717) is 17.6 Å². The molecule has 2 nitrogen and oxygen atoms in total. The van der Waals surface area contributed by atoms with Gasteiger partial charge in [-0.25, -0.2) is 0 Å². The molecule has 0 aromatic rings. The third kappa shape index (κ3) is 2.15. The number of hydrogen-bond acceptors (Lipinski definition) is 2. The average Bonchev–Trinajstić information content (AvgIpc) is 2.50. The van der Waals surface area contributed by atoms with Gasteiger partial charge in [-0.15, -0.1) is 0 Å². The summed E-state index contributed by atoms with van der Waals surface area (Å²) in [5.74, 6) is 0. The Balaban J connectivity index is 1.76. The van der Waals surface area contributed by atoms with Crippen LogP contribution in [0.3, 0.4) is 0 Å². The summed E-state index contributed by atoms with van der Waals surface area (Å²) in [4.78, 5) is 0. The van der Waals surface area contributed by atoms with Crippen LogP contribution < -0.4 is 5.32 Å². The first kappa shape index (κ1) is 12.0. The van der Waals surface area contributed by atoms with Gasteiger partial charge in [-0.1, -0.05) is 39.5 Å². The zero-order chi connectivity index (χ0) is 11.9. The summed E-state index contributed by atoms with van der Waals surface area (Å²) in [6.45, 7) is 5.87. The zero-order valence-electron chi connectivity index (χ0n) is 11.4. The second-order valence-electron chi connectivity index (χ2n) is 7.15. The molecule has 1 heterocycles. The molecule has 0 aromatic heterocycles. The molecule has 2 unspecified atom stereocenters. The van der Waals surface area contributed by atoms with Gasteiger partial charge >= 0.3 is 0 Å². The molecule has 2 atom stereocenters. The van der Waals surface area contributed by atoms with E-state index < -0.39 is 0 Å². The van der Waals surface area contributed by atoms with Crippen molar-refractivity contribution in [1.82, 2.24) is 5.32 Å². The smallest absolute Gasteiger partial charge is 0.0811 e. The van der Waals surface area contributed by atoms with Crippen molar-refractivity contribution in [3.05, 3.63) is 0 Å². The van der Waals surface area contributed by atoms with E-state index in [9.17, 15) is 0 Å². The first-order valence-electron chi connectivity index (χ1n) is 7.53. The van der Waals surface area contributed by atoms with Crippen LogP contribution in [-0.2, 0) is 4.74 Å². The van der Waals surface area contributed by atoms with Gasteiger partial charge in [0.1, 0.15) is 0 Å². The highest BCUT2D eigenvalue weighted by Crippen LogP contribution is 2.46. The maximum Gasteiger partial charge on any atom is 0.0811 e. The molecule has 0 radical (unpaired) electrons. The number of ether oxygens (including phenoxy) is 1. The molecule has 98 valence electrons. The van der Waals surface area contributed by atoms with Crippen LogP contribution >= 0.6 is 0 Å². The Morgan fingerprint density at radius 3 is 2.41 bits per heavy atom. The van der Waals surface area contributed by atoms with Gasteiger partial charge in [-0.2, -0.15) is 0 Å². The normalized spacial score (nSPS) is 39.9. The fourth-order valence-corrected chi connectivity index (χ4v) is 4.11. The molecule has 3 aliphatic rings. The maximum absolute atomic E-state index is 6.67. The maximum atomic E-state index is 6.67. The Morgan fingerprint density at radius 2 is 1.71 bits per heavy atom. The van der Waals surface area contributed by atoms with Crippen molar-refractivity contribution < 1.29 is 4.74 Å². The standard InChI is InChI=1S/C15H27NO/c1-14(2)10-7-12-13(14)17-15(11-16-12)8-5-3-4-6-9-15/h12-13,16H,3-11H2,1-2H3. The molecule has 1 spiro atoms. The van der Waals surface area contributed by atoms with E-state index in [4.69, 9.17) is 4.74 Å². The van der Waals surface area contributed by atoms with Crippen LogP contribution in [0.5, 0.6) is 0 Å². The highest BCUT2D eigenvalue weighted by molar-refractivity contribution is 5.03. The molecule has 3 fully saturated rings. The molecular weight excluding hydrogens is 210 g/mol. The number of fused-ring (bicyclic) bond motifs is 1. The summed E-state index contributed by atoms with van der Waals surface area (Å²) in [6, 6.07) is 0.624. The van der Waals surface area contributed by atoms with Gasteiger partial charge in [-0.3, -0.25) is 0 Å². The van der Waals surface area contributed by atoms with Gasteiger partial charge in [0, 0.05) is 12.6 Å². The topological polar surface area (TPSA) is 21.3 Å². The highest BCUT2D eigenvalue weighted by Gasteiger charge is 2.50. The molecule has 2 saturated carbocycles. The van der Waals surface area contributed by atoms with Crippen molar-refractivity contribution in [1.29, 1.82) is 0 Å². The van der Waals surface area contributed by atoms with Crippen molar-refractivity contribution in [2.24, 2.45) is 5.41 Å². The van der Waals surface area contributed by atoms with Crippen molar-refractivity contribution in [2.45, 2.75) is 83.0 Å². The van der Waals surface area contributed by atoms with E-state index in [1.54, 1.807) is 0 Å². The van der Waals surface area contributed by atoms with Gasteiger partial charge in [0.15, 0.2) is 0 Å². The summed E-state index contributed by atoms with van der Waals surface area (Å²) in [5, 5.41) is 3.80. The Kier molecular flexibility index (Phi) is 2.99. The molecule has 2 aliphatic carbocycles. The summed E-state index contributed by atoms with van der Waals surface area (Å²) < 4.78 is 6.67. The Hall–Kier alpha value is -0.0800. The van der Waals surface area contributed by atoms with Crippen molar-refractivity contribution in [2.75, 3.05) is 6.54 Å². The molecule has 17 heavy (non-hydrogen) atoms. The first-order valence-corrected chi connectivity index (χ1v) is 7.53. The lowest BCUT2D eigenvalue weighted by atomic mass is 9.84. The van der Waals surface area contributed by atoms with Gasteiger partial charge in [-0.05, 0) is 31.1 Å². The minimum Gasteiger partial charge on any atom is -0.368 e. The fourth-order valence-electron chi connectivity index (χ4n) is 4.11. The first-order chi connectivity index (χ1) is 8.11. The van der Waals surface area contributed by atoms with Crippen LogP contribution in [0.25, 0.3) is 0 Å². The summed E-state index contributed by atoms with van der Waals surface area (Å²) >= 11 is 0. The van der Waals surface area contributed by atoms with Crippen molar-refractivity contribution in [3.63, 3.8) is 0 Å². The molecule has 0 aromatic carbocycles. The molecule has 1 aliphatic heterocycles. The predicted octanol–water partition coefficient (Wildman–Crippen LogP) is 3.26. The molecule has 1 N–H and O–H groups in total. The Labute approximate surface area is 105 Å². The Bertz CT molecular complexity index is 279. The lowest BCUT2D eigenvalue weighted by Crippen LogP contribution is -2.59. The second kappa shape index (κ2) is 4.24. The van der Waals surface area contributed by atoms with Gasteiger partial charge < -0.3 is 10.1 Å². The van der Waals surface area contributed by atoms with E-state index in [-0.39, 0.29) is 5.60 Å². The van der Waals surface area contributed by atoms with Crippen LogP contribution in [0.15, 0.2) is 0 Å². The molecule has 0 amide bonds. The monoisotopic (exact) mass is 237 g/mol. The predicted molar refractivity (Wildman–Crippen MR) is 70.1 cm³/mol. The van der Waals surface area contributed by atoms with Crippen LogP contribution in [0, 0.1) is 5.41 Å². The van der Waals surface area contributed by atoms with Gasteiger partial charge in [0.2, 0.25) is 0 Å². The van der Waals surface area contributed by atoms with Gasteiger partial charge in [0.05, 0.1) is 11.7 Å². The number of morpholine rings is 1. The van der Waals surface area contributed by atoms with E-state index >= 15 is 0 Å². The number of rotatable bonds is 0. The minimum atomic E-state index is 0.180.